The molecule has 12 heavy (non-hydrogen) atoms. The molecule has 0 aromatic heterocycles. The largest absolute Gasteiger partial charge is 0.547 e. The zero-order valence-corrected chi connectivity index (χ0v) is 5.58. The molecule has 2 atom stereocenters. The van der Waals surface area contributed by atoms with Gasteiger partial charge in [-0.1, -0.05) is 0 Å². The van der Waals surface area contributed by atoms with Gasteiger partial charge in [-0.15, -0.1) is 0 Å². The first kappa shape index (κ1) is 13.4. The molecule has 0 aliphatic rings. The Hall–Kier alpha value is -1.22. The van der Waals surface area contributed by atoms with Crippen LogP contribution in [0.3, 0.4) is 0 Å². The Kier molecular flexibility index (Phi) is 7.23. The molecule has 0 fully saturated rings. The smallest absolute Gasteiger partial charge is 0.124 e. The topological polar surface area (TPSA) is 161 Å². The molecule has 0 bridgehead atoms. The number of aliphatic hydroxyl groups is 2. The van der Waals surface area contributed by atoms with Gasteiger partial charge < -0.3 is 30.0 Å². The van der Waals surface area contributed by atoms with E-state index < -0.39 is 24.1 Å². The Bertz CT molecular complexity index is 135. The van der Waals surface area contributed by atoms with E-state index in [9.17, 15) is 19.8 Å². The first-order valence-corrected chi connectivity index (χ1v) is 2.44. The fourth-order valence-electron chi connectivity index (χ4n) is 0.258. The van der Waals surface area contributed by atoms with E-state index in [0.29, 0.717) is 0 Å². The maximum absolute atomic E-state index is 9.63. The highest BCUT2D eigenvalue weighted by Gasteiger charge is 2.17. The lowest BCUT2D eigenvalue weighted by molar-refractivity contribution is -0.333. The maximum Gasteiger partial charge on any atom is 0.124 e. The van der Waals surface area contributed by atoms with Gasteiger partial charge in [-0.2, -0.15) is 0 Å². The summed E-state index contributed by atoms with van der Waals surface area (Å²) in [5, 5.41) is 47.7. The Morgan fingerprint density at radius 1 is 0.917 bits per heavy atom. The second-order valence-electron chi connectivity index (χ2n) is 1.53. The predicted octanol–water partition coefficient (Wildman–Crippen LogP) is -4.77. The first-order valence-electron chi connectivity index (χ1n) is 2.44. The highest BCUT2D eigenvalue weighted by Crippen LogP contribution is 1.88. The molecule has 8 nitrogen and oxygen atoms in total. The van der Waals surface area contributed by atoms with E-state index in [0.717, 1.165) is 0 Å². The number of carbonyl (C=O) groups is 2. The van der Waals surface area contributed by atoms with Crippen LogP contribution in [0.15, 0.2) is 0 Å². The molecule has 0 radical (unpaired) electrons. The molecule has 0 aliphatic carbocycles. The maximum atomic E-state index is 9.63. The van der Waals surface area contributed by atoms with Gasteiger partial charge in [-0.05, 0) is 0 Å². The van der Waals surface area contributed by atoms with Crippen LogP contribution < -0.4 is 10.2 Å². The van der Waals surface area contributed by atoms with Gasteiger partial charge in [0.1, 0.15) is 12.2 Å². The Labute approximate surface area is 65.9 Å². The van der Waals surface area contributed by atoms with Crippen molar-refractivity contribution in [3.8, 4) is 0 Å². The second kappa shape index (κ2) is 6.49. The van der Waals surface area contributed by atoms with Gasteiger partial charge in [0, 0.05) is 0 Å². The van der Waals surface area contributed by atoms with Crippen molar-refractivity contribution in [1.29, 1.82) is 0 Å². The normalized spacial score (nSPS) is 13.7. The van der Waals surface area contributed by atoms with E-state index in [4.69, 9.17) is 20.7 Å². The van der Waals surface area contributed by atoms with Crippen LogP contribution in [0.5, 0.6) is 0 Å². The molecule has 0 aliphatic heterocycles. The van der Waals surface area contributed by atoms with E-state index in [1.165, 1.54) is 0 Å². The minimum atomic E-state index is -2.44. The summed E-state index contributed by atoms with van der Waals surface area (Å²) >= 11 is 0. The lowest BCUT2D eigenvalue weighted by atomic mass is 10.2. The van der Waals surface area contributed by atoms with E-state index in [2.05, 4.69) is 0 Å². The molecule has 0 heterocycles. The fourth-order valence-corrected chi connectivity index (χ4v) is 0.258. The Morgan fingerprint density at radius 2 is 1.08 bits per heavy atom. The van der Waals surface area contributed by atoms with Crippen LogP contribution in [0, 0.1) is 0 Å². The molecule has 0 rings (SSSR count). The summed E-state index contributed by atoms with van der Waals surface area (Å²) in [5.74, 6) is -4.12. The number of hydrogen-bond acceptors (Lipinski definition) is 8. The fraction of sp³-hybridized carbons (Fsp3) is 0.500. The van der Waals surface area contributed by atoms with Crippen LogP contribution >= 0.6 is 0 Å². The highest BCUT2D eigenvalue weighted by molar-refractivity contribution is 5.80. The van der Waals surface area contributed by atoms with Crippen molar-refractivity contribution >= 4 is 11.9 Å². The number of carbonyl (C=O) groups excluding carboxylic acids is 2. The minimum absolute atomic E-state index is 2.06. The Morgan fingerprint density at radius 3 is 1.17 bits per heavy atom. The van der Waals surface area contributed by atoms with Crippen molar-refractivity contribution in [2.75, 3.05) is 0 Å². The number of aliphatic carboxylic acids is 2. The molecule has 0 spiro atoms. The molecule has 0 amide bonds. The van der Waals surface area contributed by atoms with Crippen molar-refractivity contribution in [3.63, 3.8) is 0 Å². The van der Waals surface area contributed by atoms with Gasteiger partial charge in [-0.25, -0.2) is 0 Å². The highest BCUT2D eigenvalue weighted by atomic mass is 17.0. The summed E-state index contributed by atoms with van der Waals surface area (Å²) in [6.45, 7) is 0. The molecule has 8 heteroatoms. The van der Waals surface area contributed by atoms with Gasteiger partial charge in [-0.3, -0.25) is 10.5 Å². The number of hydrogen-bond donors (Lipinski definition) is 4. The number of carboxylic acids is 2. The van der Waals surface area contributed by atoms with E-state index in [1.807, 2.05) is 0 Å². The summed E-state index contributed by atoms with van der Waals surface area (Å²) < 4.78 is 0. The first-order chi connectivity index (χ1) is 5.46. The number of carboxylic acid groups (broad SMARTS) is 2. The van der Waals surface area contributed by atoms with Crippen molar-refractivity contribution < 1.29 is 40.5 Å². The predicted molar refractivity (Wildman–Crippen MR) is 27.3 cm³/mol. The molecule has 0 aromatic rings. The SMILES string of the molecule is O=C([O-])C(O)C(O)C(=O)[O-].OO. The summed E-state index contributed by atoms with van der Waals surface area (Å²) in [6.07, 6.45) is -4.88. The average Bonchev–Trinajstić information content (AvgIpc) is 2.05. The lowest BCUT2D eigenvalue weighted by Crippen LogP contribution is -2.51. The van der Waals surface area contributed by atoms with Crippen molar-refractivity contribution in [1.82, 2.24) is 0 Å². The Balaban J connectivity index is 0. The monoisotopic (exact) mass is 182 g/mol. The third kappa shape index (κ3) is 4.57. The molecular formula is C4H6O8-2. The van der Waals surface area contributed by atoms with Crippen molar-refractivity contribution in [2.45, 2.75) is 12.2 Å². The second-order valence-corrected chi connectivity index (χ2v) is 1.53. The van der Waals surface area contributed by atoms with E-state index >= 15 is 0 Å². The number of aliphatic hydroxyl groups excluding tert-OH is 2. The van der Waals surface area contributed by atoms with E-state index in [1.54, 1.807) is 0 Å². The summed E-state index contributed by atoms with van der Waals surface area (Å²) in [7, 11) is 0. The van der Waals surface area contributed by atoms with Gasteiger partial charge >= 0.3 is 0 Å². The van der Waals surface area contributed by atoms with Crippen LogP contribution in [0.2, 0.25) is 0 Å². The standard InChI is InChI=1S/C4H6O6.H2O2/c5-1(3(7)8)2(6)4(9)10;1-2/h1-2,5-6H,(H,7,8)(H,9,10);1-2H/p-2. The minimum Gasteiger partial charge on any atom is -0.547 e. The zero-order chi connectivity index (χ0) is 10.3. The molecule has 0 saturated carbocycles. The third-order valence-electron chi connectivity index (χ3n) is 0.782. The van der Waals surface area contributed by atoms with Crippen LogP contribution in [-0.4, -0.2) is 44.9 Å². The zero-order valence-electron chi connectivity index (χ0n) is 5.58. The molecule has 0 saturated heterocycles. The van der Waals surface area contributed by atoms with Gasteiger partial charge in [0.05, 0.1) is 11.9 Å². The molecule has 2 unspecified atom stereocenters. The van der Waals surface area contributed by atoms with Gasteiger partial charge in [0.15, 0.2) is 0 Å². The molecule has 72 valence electrons. The van der Waals surface area contributed by atoms with Gasteiger partial charge in [0.25, 0.3) is 0 Å². The quantitative estimate of drug-likeness (QED) is 0.249. The van der Waals surface area contributed by atoms with Crippen LogP contribution in [0.25, 0.3) is 0 Å². The summed E-state index contributed by atoms with van der Waals surface area (Å²) in [4.78, 5) is 19.3. The number of rotatable bonds is 3. The van der Waals surface area contributed by atoms with E-state index in [-0.39, 0.29) is 0 Å². The third-order valence-corrected chi connectivity index (χ3v) is 0.782. The van der Waals surface area contributed by atoms with Crippen molar-refractivity contribution in [2.24, 2.45) is 0 Å². The van der Waals surface area contributed by atoms with Crippen LogP contribution in [0.1, 0.15) is 0 Å². The average molecular weight is 182 g/mol. The van der Waals surface area contributed by atoms with Crippen LogP contribution in [0.4, 0.5) is 0 Å². The molecular weight excluding hydrogens is 176 g/mol. The van der Waals surface area contributed by atoms with Gasteiger partial charge in [0.2, 0.25) is 0 Å². The lowest BCUT2D eigenvalue weighted by Gasteiger charge is -2.18. The van der Waals surface area contributed by atoms with Crippen molar-refractivity contribution in [3.05, 3.63) is 0 Å². The summed E-state index contributed by atoms with van der Waals surface area (Å²) in [6, 6.07) is 0. The van der Waals surface area contributed by atoms with Crippen LogP contribution in [-0.2, 0) is 9.59 Å². The molecule has 0 aromatic carbocycles. The summed E-state index contributed by atoms with van der Waals surface area (Å²) in [5.41, 5.74) is 0. The molecule has 4 N–H and O–H groups in total.